The number of methoxy groups -OCH3 is 2. The van der Waals surface area contributed by atoms with Crippen molar-refractivity contribution in [2.75, 3.05) is 46.9 Å². The van der Waals surface area contributed by atoms with Crippen LogP contribution in [0.1, 0.15) is 34.7 Å². The van der Waals surface area contributed by atoms with Crippen molar-refractivity contribution in [3.05, 3.63) is 95.1 Å². The molecule has 3 aromatic carbocycles. The summed E-state index contributed by atoms with van der Waals surface area (Å²) in [6.07, 6.45) is 0.629. The molecule has 5 rings (SSSR count). The molecule has 1 saturated heterocycles. The van der Waals surface area contributed by atoms with Crippen LogP contribution >= 0.6 is 0 Å². The Bertz CT molecular complexity index is 1290. The van der Waals surface area contributed by atoms with Gasteiger partial charge in [-0.3, -0.25) is 14.6 Å². The lowest BCUT2D eigenvalue weighted by Gasteiger charge is -2.35. The molecule has 2 aliphatic heterocycles. The number of ether oxygens (including phenoxy) is 2. The highest BCUT2D eigenvalue weighted by molar-refractivity contribution is 6.05. The minimum atomic E-state index is -0.148. The van der Waals surface area contributed by atoms with Crippen LogP contribution in [-0.2, 0) is 11.3 Å². The van der Waals surface area contributed by atoms with Crippen molar-refractivity contribution in [3.63, 3.8) is 0 Å². The molecule has 1 fully saturated rings. The van der Waals surface area contributed by atoms with Crippen molar-refractivity contribution in [1.82, 2.24) is 14.8 Å². The number of carbonyl (C=O) groups is 1. The largest absolute Gasteiger partial charge is 0.497 e. The first-order valence-corrected chi connectivity index (χ1v) is 13.2. The first-order chi connectivity index (χ1) is 18.6. The van der Waals surface area contributed by atoms with Crippen LogP contribution in [0.5, 0.6) is 11.5 Å². The summed E-state index contributed by atoms with van der Waals surface area (Å²) in [5.74, 6) is 1.44. The third-order valence-corrected chi connectivity index (χ3v) is 7.51. The van der Waals surface area contributed by atoms with Gasteiger partial charge in [-0.25, -0.2) is 5.01 Å². The fourth-order valence-electron chi connectivity index (χ4n) is 5.35. The normalized spacial score (nSPS) is 18.3. The zero-order valence-corrected chi connectivity index (χ0v) is 22.5. The lowest BCUT2D eigenvalue weighted by Crippen LogP contribution is -2.49. The number of piperazine rings is 1. The predicted molar refractivity (Wildman–Crippen MR) is 150 cm³/mol. The van der Waals surface area contributed by atoms with Crippen LogP contribution in [0, 0.1) is 6.92 Å². The van der Waals surface area contributed by atoms with E-state index in [1.165, 1.54) is 5.56 Å². The van der Waals surface area contributed by atoms with Crippen molar-refractivity contribution in [2.24, 2.45) is 5.10 Å². The second kappa shape index (κ2) is 11.8. The van der Waals surface area contributed by atoms with Crippen LogP contribution in [0.15, 0.2) is 77.9 Å². The molecule has 0 aromatic heterocycles. The minimum Gasteiger partial charge on any atom is -0.497 e. The summed E-state index contributed by atoms with van der Waals surface area (Å²) in [5, 5.41) is 6.61. The Hall–Kier alpha value is -3.68. The predicted octanol–water partition coefficient (Wildman–Crippen LogP) is 4.51. The van der Waals surface area contributed by atoms with Gasteiger partial charge in [0.2, 0.25) is 0 Å². The topological polar surface area (TPSA) is 57.6 Å². The molecular weight excluding hydrogens is 476 g/mol. The van der Waals surface area contributed by atoms with Crippen LogP contribution < -0.4 is 9.47 Å². The molecule has 2 aliphatic rings. The summed E-state index contributed by atoms with van der Waals surface area (Å²) in [6, 6.07) is 24.4. The second-order valence-corrected chi connectivity index (χ2v) is 9.97. The molecule has 38 heavy (non-hydrogen) atoms. The second-order valence-electron chi connectivity index (χ2n) is 9.97. The van der Waals surface area contributed by atoms with Gasteiger partial charge in [-0.1, -0.05) is 54.6 Å². The van der Waals surface area contributed by atoms with Gasteiger partial charge in [0.05, 0.1) is 32.5 Å². The van der Waals surface area contributed by atoms with E-state index in [1.54, 1.807) is 19.2 Å². The molecule has 2 heterocycles. The summed E-state index contributed by atoms with van der Waals surface area (Å²) < 4.78 is 11.0. The highest BCUT2D eigenvalue weighted by Gasteiger charge is 2.35. The van der Waals surface area contributed by atoms with E-state index >= 15 is 0 Å². The summed E-state index contributed by atoms with van der Waals surface area (Å²) in [4.78, 5) is 18.4. The summed E-state index contributed by atoms with van der Waals surface area (Å²) in [5.41, 5.74) is 5.34. The Kier molecular flexibility index (Phi) is 8.05. The quantitative estimate of drug-likeness (QED) is 0.445. The lowest BCUT2D eigenvalue weighted by atomic mass is 9.95. The summed E-state index contributed by atoms with van der Waals surface area (Å²) in [7, 11) is 3.28. The van der Waals surface area contributed by atoms with Gasteiger partial charge in [-0.15, -0.1) is 0 Å². The number of hydrazone groups is 1. The van der Waals surface area contributed by atoms with E-state index in [0.717, 1.165) is 60.9 Å². The lowest BCUT2D eigenvalue weighted by molar-refractivity contribution is -0.134. The van der Waals surface area contributed by atoms with Crippen LogP contribution in [0.2, 0.25) is 0 Å². The molecule has 7 nitrogen and oxygen atoms in total. The van der Waals surface area contributed by atoms with E-state index in [-0.39, 0.29) is 11.9 Å². The Morgan fingerprint density at radius 2 is 1.61 bits per heavy atom. The van der Waals surface area contributed by atoms with Crippen molar-refractivity contribution < 1.29 is 14.3 Å². The van der Waals surface area contributed by atoms with Gasteiger partial charge in [0, 0.05) is 50.8 Å². The van der Waals surface area contributed by atoms with E-state index in [9.17, 15) is 4.79 Å². The third kappa shape index (κ3) is 5.74. The van der Waals surface area contributed by atoms with Gasteiger partial charge >= 0.3 is 0 Å². The fourth-order valence-corrected chi connectivity index (χ4v) is 5.35. The first-order valence-electron chi connectivity index (χ1n) is 13.2. The molecule has 0 N–H and O–H groups in total. The molecule has 7 heteroatoms. The van der Waals surface area contributed by atoms with Crippen LogP contribution in [-0.4, -0.2) is 73.4 Å². The van der Waals surface area contributed by atoms with Crippen molar-refractivity contribution in [1.29, 1.82) is 0 Å². The average molecular weight is 513 g/mol. The molecular formula is C31H36N4O3. The van der Waals surface area contributed by atoms with Crippen molar-refractivity contribution in [3.8, 4) is 11.5 Å². The van der Waals surface area contributed by atoms with Gasteiger partial charge < -0.3 is 9.47 Å². The highest BCUT2D eigenvalue weighted by atomic mass is 16.5. The van der Waals surface area contributed by atoms with E-state index < -0.39 is 0 Å². The molecule has 3 aromatic rings. The first kappa shape index (κ1) is 25.9. The Morgan fingerprint density at radius 3 is 2.32 bits per heavy atom. The average Bonchev–Trinajstić information content (AvgIpc) is 3.40. The van der Waals surface area contributed by atoms with Crippen LogP contribution in [0.3, 0.4) is 0 Å². The summed E-state index contributed by atoms with van der Waals surface area (Å²) >= 11 is 0. The fraction of sp³-hybridized carbons (Fsp3) is 0.355. The maximum Gasteiger partial charge on any atom is 0.257 e. The maximum absolute atomic E-state index is 13.7. The van der Waals surface area contributed by atoms with Gasteiger partial charge in [0.25, 0.3) is 5.91 Å². The molecule has 0 bridgehead atoms. The number of hydrogen-bond donors (Lipinski definition) is 0. The smallest absolute Gasteiger partial charge is 0.257 e. The number of hydrogen-bond acceptors (Lipinski definition) is 6. The number of benzene rings is 3. The minimum absolute atomic E-state index is 0.0252. The number of rotatable bonds is 8. The molecule has 0 aliphatic carbocycles. The zero-order chi connectivity index (χ0) is 26.5. The maximum atomic E-state index is 13.7. The molecule has 198 valence electrons. The van der Waals surface area contributed by atoms with Gasteiger partial charge in [0.1, 0.15) is 11.5 Å². The number of carbonyl (C=O) groups excluding carboxylic acids is 1. The molecule has 1 amide bonds. The number of amides is 1. The van der Waals surface area contributed by atoms with Gasteiger partial charge in [0.15, 0.2) is 0 Å². The van der Waals surface area contributed by atoms with Crippen molar-refractivity contribution in [2.45, 2.75) is 25.9 Å². The Morgan fingerprint density at radius 1 is 0.895 bits per heavy atom. The third-order valence-electron chi connectivity index (χ3n) is 7.51. The van der Waals surface area contributed by atoms with Crippen LogP contribution in [0.4, 0.5) is 0 Å². The van der Waals surface area contributed by atoms with Crippen molar-refractivity contribution >= 4 is 11.6 Å². The molecule has 0 saturated carbocycles. The monoisotopic (exact) mass is 512 g/mol. The van der Waals surface area contributed by atoms with E-state index in [0.29, 0.717) is 18.7 Å². The molecule has 0 unspecified atom stereocenters. The van der Waals surface area contributed by atoms with Crippen LogP contribution in [0.25, 0.3) is 0 Å². The molecule has 1 atom stereocenters. The molecule has 0 radical (unpaired) electrons. The SMILES string of the molecule is COc1ccc(C2=NN(C(=O)CN3CCN(Cc4ccccc4)CC3)[C@@H](c3ccccc3C)C2)c(OC)c1. The van der Waals surface area contributed by atoms with Gasteiger partial charge in [-0.05, 0) is 35.7 Å². The van der Waals surface area contributed by atoms with E-state index in [2.05, 4.69) is 53.1 Å². The van der Waals surface area contributed by atoms with Gasteiger partial charge in [-0.2, -0.15) is 5.10 Å². The number of nitrogens with zero attached hydrogens (tertiary/aromatic N) is 4. The number of aryl methyl sites for hydroxylation is 1. The highest BCUT2D eigenvalue weighted by Crippen LogP contribution is 2.37. The van der Waals surface area contributed by atoms with E-state index in [1.807, 2.05) is 36.4 Å². The Balaban J connectivity index is 1.32. The zero-order valence-electron chi connectivity index (χ0n) is 22.5. The Labute approximate surface area is 225 Å². The van der Waals surface area contributed by atoms with E-state index in [4.69, 9.17) is 14.6 Å². The molecule has 0 spiro atoms. The standard InChI is InChI=1S/C31H36N4O3/c1-23-9-7-8-12-26(23)29-20-28(27-14-13-25(37-2)19-30(27)38-3)32-35(29)31(36)22-34-17-15-33(16-18-34)21-24-10-5-4-6-11-24/h4-14,19,29H,15-18,20-22H2,1-3H3/t29-/m1/s1. The summed E-state index contributed by atoms with van der Waals surface area (Å²) in [6.45, 7) is 7.02.